The van der Waals surface area contributed by atoms with Crippen LogP contribution in [0.25, 0.3) is 0 Å². The lowest BCUT2D eigenvalue weighted by Gasteiger charge is -2.28. The van der Waals surface area contributed by atoms with E-state index < -0.39 is 6.10 Å². The van der Waals surface area contributed by atoms with Gasteiger partial charge in [-0.3, -0.25) is 4.79 Å². The molecule has 1 aromatic carbocycles. The van der Waals surface area contributed by atoms with Crippen molar-refractivity contribution in [1.82, 2.24) is 5.32 Å². The zero-order valence-corrected chi connectivity index (χ0v) is 13.5. The summed E-state index contributed by atoms with van der Waals surface area (Å²) < 4.78 is 19.1. The summed E-state index contributed by atoms with van der Waals surface area (Å²) in [6.07, 6.45) is 3.04. The Labute approximate surface area is 132 Å². The van der Waals surface area contributed by atoms with Crippen LogP contribution in [0.15, 0.2) is 22.7 Å². The molecule has 1 fully saturated rings. The quantitative estimate of drug-likeness (QED) is 0.869. The van der Waals surface area contributed by atoms with Gasteiger partial charge in [-0.15, -0.1) is 0 Å². The average molecular weight is 359 g/mol. The first kappa shape index (κ1) is 16.2. The number of carbonyl (C=O) groups is 1. The summed E-state index contributed by atoms with van der Waals surface area (Å²) in [6.45, 7) is 1.68. The number of ether oxygens (including phenoxy) is 1. The van der Waals surface area contributed by atoms with Crippen molar-refractivity contribution >= 4 is 21.8 Å². The van der Waals surface area contributed by atoms with Crippen LogP contribution < -0.4 is 15.8 Å². The minimum Gasteiger partial charge on any atom is -0.480 e. The van der Waals surface area contributed by atoms with Gasteiger partial charge in [-0.1, -0.05) is 0 Å². The molecule has 1 saturated carbocycles. The molecule has 0 bridgehead atoms. The number of amides is 1. The van der Waals surface area contributed by atoms with Crippen LogP contribution in [-0.4, -0.2) is 24.1 Å². The van der Waals surface area contributed by atoms with Crippen LogP contribution in [0.2, 0.25) is 0 Å². The molecule has 0 radical (unpaired) electrons. The van der Waals surface area contributed by atoms with Gasteiger partial charge in [0.05, 0.1) is 4.47 Å². The number of nitrogens with one attached hydrogen (secondary N) is 1. The maximum atomic E-state index is 13.0. The molecule has 1 aromatic rings. The van der Waals surface area contributed by atoms with Crippen molar-refractivity contribution < 1.29 is 13.9 Å². The van der Waals surface area contributed by atoms with Crippen molar-refractivity contribution in [3.8, 4) is 5.75 Å². The SMILES string of the molecule is CC(Oc1ccc(F)cc1Br)C(=O)NC1CCC(N)CC1. The van der Waals surface area contributed by atoms with Gasteiger partial charge in [-0.25, -0.2) is 4.39 Å². The van der Waals surface area contributed by atoms with Crippen LogP contribution in [0, 0.1) is 5.82 Å². The van der Waals surface area contributed by atoms with E-state index >= 15 is 0 Å². The molecule has 6 heteroatoms. The minimum atomic E-state index is -0.637. The Kier molecular flexibility index (Phi) is 5.58. The minimum absolute atomic E-state index is 0.160. The fourth-order valence-corrected chi connectivity index (χ4v) is 2.84. The highest BCUT2D eigenvalue weighted by molar-refractivity contribution is 9.10. The molecule has 1 unspecified atom stereocenters. The molecular formula is C15H20BrFN2O2. The van der Waals surface area contributed by atoms with Crippen molar-refractivity contribution in [2.45, 2.75) is 50.8 Å². The van der Waals surface area contributed by atoms with Gasteiger partial charge in [-0.05, 0) is 66.7 Å². The second-order valence-electron chi connectivity index (χ2n) is 5.46. The van der Waals surface area contributed by atoms with Crippen LogP contribution in [0.1, 0.15) is 32.6 Å². The first-order valence-electron chi connectivity index (χ1n) is 7.13. The van der Waals surface area contributed by atoms with Crippen molar-refractivity contribution in [2.75, 3.05) is 0 Å². The molecule has 1 aliphatic rings. The topological polar surface area (TPSA) is 64.3 Å². The van der Waals surface area contributed by atoms with Crippen molar-refractivity contribution in [3.05, 3.63) is 28.5 Å². The van der Waals surface area contributed by atoms with Gasteiger partial charge in [0.1, 0.15) is 11.6 Å². The van der Waals surface area contributed by atoms with E-state index in [0.29, 0.717) is 10.2 Å². The Morgan fingerprint density at radius 1 is 1.43 bits per heavy atom. The second-order valence-corrected chi connectivity index (χ2v) is 6.31. The largest absolute Gasteiger partial charge is 0.480 e. The van der Waals surface area contributed by atoms with Gasteiger partial charge < -0.3 is 15.8 Å². The standard InChI is InChI=1S/C15H20BrFN2O2/c1-9(21-14-7-2-10(17)8-13(14)16)15(20)19-12-5-3-11(18)4-6-12/h2,7-9,11-12H,3-6,18H2,1H3,(H,19,20). The molecule has 0 aromatic heterocycles. The highest BCUT2D eigenvalue weighted by atomic mass is 79.9. The molecule has 0 saturated heterocycles. The smallest absolute Gasteiger partial charge is 0.260 e. The number of rotatable bonds is 4. The molecule has 116 valence electrons. The molecular weight excluding hydrogens is 339 g/mol. The lowest BCUT2D eigenvalue weighted by atomic mass is 9.92. The Morgan fingerprint density at radius 2 is 2.10 bits per heavy atom. The third kappa shape index (κ3) is 4.68. The van der Waals surface area contributed by atoms with E-state index in [9.17, 15) is 9.18 Å². The average Bonchev–Trinajstić information content (AvgIpc) is 2.44. The highest BCUT2D eigenvalue weighted by Gasteiger charge is 2.23. The van der Waals surface area contributed by atoms with Crippen molar-refractivity contribution in [3.63, 3.8) is 0 Å². The predicted molar refractivity (Wildman–Crippen MR) is 82.6 cm³/mol. The monoisotopic (exact) mass is 358 g/mol. The molecule has 0 spiro atoms. The van der Waals surface area contributed by atoms with Crippen LogP contribution in [0.5, 0.6) is 5.75 Å². The first-order valence-corrected chi connectivity index (χ1v) is 7.92. The normalized spacial score (nSPS) is 23.4. The van der Waals surface area contributed by atoms with Gasteiger partial charge in [0.15, 0.2) is 6.10 Å². The van der Waals surface area contributed by atoms with Crippen molar-refractivity contribution in [2.24, 2.45) is 5.73 Å². The zero-order valence-electron chi connectivity index (χ0n) is 11.9. The summed E-state index contributed by atoms with van der Waals surface area (Å²) in [6, 6.07) is 4.53. The number of carbonyl (C=O) groups excluding carboxylic acids is 1. The van der Waals surface area contributed by atoms with Crippen LogP contribution in [-0.2, 0) is 4.79 Å². The molecule has 1 aliphatic carbocycles. The summed E-state index contributed by atoms with van der Waals surface area (Å²) in [5.74, 6) is -0.0683. The summed E-state index contributed by atoms with van der Waals surface area (Å²) in [5, 5.41) is 2.98. The molecule has 0 aliphatic heterocycles. The van der Waals surface area contributed by atoms with Gasteiger partial charge in [-0.2, -0.15) is 0 Å². The Balaban J connectivity index is 1.87. The highest BCUT2D eigenvalue weighted by Crippen LogP contribution is 2.26. The molecule has 1 amide bonds. The Bertz CT molecular complexity index is 504. The predicted octanol–water partition coefficient (Wildman–Crippen LogP) is 2.74. The number of hydrogen-bond donors (Lipinski definition) is 2. The van der Waals surface area contributed by atoms with E-state index in [1.165, 1.54) is 18.2 Å². The maximum Gasteiger partial charge on any atom is 0.260 e. The molecule has 0 heterocycles. The molecule has 4 nitrogen and oxygen atoms in total. The summed E-state index contributed by atoms with van der Waals surface area (Å²) >= 11 is 3.22. The molecule has 21 heavy (non-hydrogen) atoms. The van der Waals surface area contributed by atoms with Crippen LogP contribution in [0.4, 0.5) is 4.39 Å². The molecule has 1 atom stereocenters. The van der Waals surface area contributed by atoms with Crippen molar-refractivity contribution in [1.29, 1.82) is 0 Å². The van der Waals surface area contributed by atoms with E-state index in [1.807, 2.05) is 0 Å². The summed E-state index contributed by atoms with van der Waals surface area (Å²) in [7, 11) is 0. The number of hydrogen-bond acceptors (Lipinski definition) is 3. The Morgan fingerprint density at radius 3 is 2.71 bits per heavy atom. The fourth-order valence-electron chi connectivity index (χ4n) is 2.40. The van der Waals surface area contributed by atoms with Gasteiger partial charge in [0.25, 0.3) is 5.91 Å². The van der Waals surface area contributed by atoms with E-state index in [-0.39, 0.29) is 23.8 Å². The van der Waals surface area contributed by atoms with E-state index in [4.69, 9.17) is 10.5 Å². The van der Waals surface area contributed by atoms with E-state index in [2.05, 4.69) is 21.2 Å². The van der Waals surface area contributed by atoms with E-state index in [1.54, 1.807) is 6.92 Å². The van der Waals surface area contributed by atoms with E-state index in [0.717, 1.165) is 25.7 Å². The van der Waals surface area contributed by atoms with Crippen LogP contribution in [0.3, 0.4) is 0 Å². The summed E-state index contributed by atoms with van der Waals surface area (Å²) in [4.78, 5) is 12.1. The fraction of sp³-hybridized carbons (Fsp3) is 0.533. The maximum absolute atomic E-state index is 13.0. The number of nitrogens with two attached hydrogens (primary N) is 1. The first-order chi connectivity index (χ1) is 9.95. The lowest BCUT2D eigenvalue weighted by molar-refractivity contribution is -0.128. The third-order valence-corrected chi connectivity index (χ3v) is 4.30. The molecule has 2 rings (SSSR count). The number of halogens is 2. The second kappa shape index (κ2) is 7.22. The van der Waals surface area contributed by atoms with Gasteiger partial charge in [0.2, 0.25) is 0 Å². The van der Waals surface area contributed by atoms with Gasteiger partial charge >= 0.3 is 0 Å². The lowest BCUT2D eigenvalue weighted by Crippen LogP contribution is -2.45. The van der Waals surface area contributed by atoms with Gasteiger partial charge in [0, 0.05) is 12.1 Å². The number of benzene rings is 1. The zero-order chi connectivity index (χ0) is 15.4. The third-order valence-electron chi connectivity index (χ3n) is 3.69. The summed E-state index contributed by atoms with van der Waals surface area (Å²) in [5.41, 5.74) is 5.85. The van der Waals surface area contributed by atoms with Crippen LogP contribution >= 0.6 is 15.9 Å². The molecule has 3 N–H and O–H groups in total. The Hall–Kier alpha value is -1.14.